The quantitative estimate of drug-likeness (QED) is 0.576. The Hall–Kier alpha value is -2.90. The zero-order valence-electron chi connectivity index (χ0n) is 19.9. The van der Waals surface area contributed by atoms with Crippen LogP contribution >= 0.6 is 0 Å². The summed E-state index contributed by atoms with van der Waals surface area (Å²) < 4.78 is 11.1. The molecule has 0 bridgehead atoms. The van der Waals surface area contributed by atoms with Crippen molar-refractivity contribution in [2.45, 2.75) is 39.7 Å². The highest BCUT2D eigenvalue weighted by Gasteiger charge is 2.12. The van der Waals surface area contributed by atoms with Crippen molar-refractivity contribution in [3.8, 4) is 5.75 Å². The second kappa shape index (κ2) is 12.4. The number of carbonyl (C=O) groups excluding carboxylic acids is 2. The Morgan fingerprint density at radius 1 is 1.09 bits per heavy atom. The van der Waals surface area contributed by atoms with Gasteiger partial charge in [0.15, 0.2) is 6.61 Å². The first kappa shape index (κ1) is 24.7. The maximum atomic E-state index is 12.3. The molecule has 1 aliphatic rings. The Labute approximate surface area is 196 Å². The molecular weight excluding hydrogens is 418 g/mol. The van der Waals surface area contributed by atoms with Crippen molar-refractivity contribution in [1.82, 2.24) is 10.2 Å². The normalized spacial score (nSPS) is 14.2. The molecule has 2 amide bonds. The van der Waals surface area contributed by atoms with Crippen LogP contribution in [0.2, 0.25) is 0 Å². The van der Waals surface area contributed by atoms with Crippen molar-refractivity contribution in [1.29, 1.82) is 0 Å². The molecular formula is C26H35N3O4. The van der Waals surface area contributed by atoms with E-state index in [4.69, 9.17) is 9.47 Å². The van der Waals surface area contributed by atoms with Gasteiger partial charge in [-0.25, -0.2) is 0 Å². The third-order valence-corrected chi connectivity index (χ3v) is 5.70. The molecule has 0 atom stereocenters. The summed E-state index contributed by atoms with van der Waals surface area (Å²) in [6, 6.07) is 13.6. The van der Waals surface area contributed by atoms with Gasteiger partial charge in [0.2, 0.25) is 5.91 Å². The van der Waals surface area contributed by atoms with Crippen LogP contribution in [0.1, 0.15) is 42.9 Å². The van der Waals surface area contributed by atoms with Crippen LogP contribution in [-0.4, -0.2) is 56.2 Å². The Morgan fingerprint density at radius 3 is 2.64 bits per heavy atom. The molecule has 7 heteroatoms. The molecule has 1 saturated heterocycles. The largest absolute Gasteiger partial charge is 0.483 e. The SMILES string of the molecule is Cc1ccc(C(C)C)cc1OCC(=O)NCc1cccc(NC(=O)CCN2CCOCC2)c1. The van der Waals surface area contributed by atoms with Crippen LogP contribution in [-0.2, 0) is 20.9 Å². The van der Waals surface area contributed by atoms with Crippen molar-refractivity contribution in [2.24, 2.45) is 0 Å². The lowest BCUT2D eigenvalue weighted by Crippen LogP contribution is -2.38. The lowest BCUT2D eigenvalue weighted by molar-refractivity contribution is -0.123. The monoisotopic (exact) mass is 453 g/mol. The maximum absolute atomic E-state index is 12.3. The topological polar surface area (TPSA) is 79.9 Å². The molecule has 1 fully saturated rings. The van der Waals surface area contributed by atoms with Gasteiger partial charge in [0.1, 0.15) is 5.75 Å². The van der Waals surface area contributed by atoms with Crippen LogP contribution in [0, 0.1) is 6.92 Å². The smallest absolute Gasteiger partial charge is 0.258 e. The van der Waals surface area contributed by atoms with E-state index in [1.807, 2.05) is 43.3 Å². The minimum atomic E-state index is -0.190. The number of nitrogens with one attached hydrogen (secondary N) is 2. The molecule has 0 spiro atoms. The van der Waals surface area contributed by atoms with E-state index in [0.717, 1.165) is 55.4 Å². The number of hydrogen-bond donors (Lipinski definition) is 2. The van der Waals surface area contributed by atoms with Gasteiger partial charge in [-0.1, -0.05) is 38.1 Å². The maximum Gasteiger partial charge on any atom is 0.258 e. The molecule has 3 rings (SSSR count). The van der Waals surface area contributed by atoms with E-state index in [-0.39, 0.29) is 18.4 Å². The van der Waals surface area contributed by atoms with Crippen LogP contribution in [0.4, 0.5) is 5.69 Å². The zero-order valence-corrected chi connectivity index (χ0v) is 19.9. The fraction of sp³-hybridized carbons (Fsp3) is 0.462. The standard InChI is InChI=1S/C26H35N3O4/c1-19(2)22-8-7-20(3)24(16-22)33-18-26(31)27-17-21-5-4-6-23(15-21)28-25(30)9-10-29-11-13-32-14-12-29/h4-8,15-16,19H,9-14,17-18H2,1-3H3,(H,27,31)(H,28,30). The minimum absolute atomic E-state index is 0.0184. The third kappa shape index (κ3) is 8.18. The highest BCUT2D eigenvalue weighted by Crippen LogP contribution is 2.24. The number of amides is 2. The van der Waals surface area contributed by atoms with Gasteiger partial charge in [-0.2, -0.15) is 0 Å². The Bertz CT molecular complexity index is 939. The van der Waals surface area contributed by atoms with Gasteiger partial charge in [-0.3, -0.25) is 14.5 Å². The van der Waals surface area contributed by atoms with E-state index >= 15 is 0 Å². The summed E-state index contributed by atoms with van der Waals surface area (Å²) in [5.41, 5.74) is 3.82. The predicted octanol–water partition coefficient (Wildman–Crippen LogP) is 3.47. The van der Waals surface area contributed by atoms with Crippen LogP contribution < -0.4 is 15.4 Å². The predicted molar refractivity (Wildman–Crippen MR) is 130 cm³/mol. The minimum Gasteiger partial charge on any atom is -0.483 e. The summed E-state index contributed by atoms with van der Waals surface area (Å²) in [4.78, 5) is 26.8. The third-order valence-electron chi connectivity index (χ3n) is 5.70. The molecule has 0 aromatic heterocycles. The molecule has 0 saturated carbocycles. The van der Waals surface area contributed by atoms with Gasteiger partial charge >= 0.3 is 0 Å². The Balaban J connectivity index is 1.43. The molecule has 0 unspecified atom stereocenters. The molecule has 1 heterocycles. The Morgan fingerprint density at radius 2 is 1.88 bits per heavy atom. The number of morpholine rings is 1. The van der Waals surface area contributed by atoms with Crippen molar-refractivity contribution in [2.75, 3.05) is 44.8 Å². The fourth-order valence-corrected chi connectivity index (χ4v) is 3.59. The molecule has 33 heavy (non-hydrogen) atoms. The lowest BCUT2D eigenvalue weighted by Gasteiger charge is -2.26. The first-order chi connectivity index (χ1) is 15.9. The Kier molecular flexibility index (Phi) is 9.27. The number of ether oxygens (including phenoxy) is 2. The highest BCUT2D eigenvalue weighted by molar-refractivity contribution is 5.90. The van der Waals surface area contributed by atoms with Crippen molar-refractivity contribution in [3.63, 3.8) is 0 Å². The van der Waals surface area contributed by atoms with Crippen molar-refractivity contribution >= 4 is 17.5 Å². The van der Waals surface area contributed by atoms with Crippen LogP contribution in [0.5, 0.6) is 5.75 Å². The fourth-order valence-electron chi connectivity index (χ4n) is 3.59. The second-order valence-electron chi connectivity index (χ2n) is 8.70. The van der Waals surface area contributed by atoms with Gasteiger partial charge in [0.25, 0.3) is 5.91 Å². The van der Waals surface area contributed by atoms with Gasteiger partial charge in [0.05, 0.1) is 13.2 Å². The van der Waals surface area contributed by atoms with Crippen LogP contribution in [0.3, 0.4) is 0 Å². The molecule has 178 valence electrons. The van der Waals surface area contributed by atoms with Gasteiger partial charge in [-0.05, 0) is 47.7 Å². The van der Waals surface area contributed by atoms with E-state index in [1.165, 1.54) is 5.56 Å². The number of carbonyl (C=O) groups is 2. The van der Waals surface area contributed by atoms with Gasteiger partial charge in [-0.15, -0.1) is 0 Å². The van der Waals surface area contributed by atoms with Crippen LogP contribution in [0.25, 0.3) is 0 Å². The summed E-state index contributed by atoms with van der Waals surface area (Å²) >= 11 is 0. The average molecular weight is 454 g/mol. The number of benzene rings is 2. The van der Waals surface area contributed by atoms with Crippen LogP contribution in [0.15, 0.2) is 42.5 Å². The van der Waals surface area contributed by atoms with E-state index < -0.39 is 0 Å². The van der Waals surface area contributed by atoms with Crippen molar-refractivity contribution < 1.29 is 19.1 Å². The molecule has 2 aromatic rings. The second-order valence-corrected chi connectivity index (χ2v) is 8.70. The van der Waals surface area contributed by atoms with Gasteiger partial charge in [0, 0.05) is 38.3 Å². The number of nitrogens with zero attached hydrogens (tertiary/aromatic N) is 1. The zero-order chi connectivity index (χ0) is 23.6. The number of rotatable bonds is 10. The summed E-state index contributed by atoms with van der Waals surface area (Å²) in [5, 5.41) is 5.82. The number of hydrogen-bond acceptors (Lipinski definition) is 5. The van der Waals surface area contributed by atoms with E-state index in [9.17, 15) is 9.59 Å². The number of anilines is 1. The first-order valence-electron chi connectivity index (χ1n) is 11.6. The molecule has 2 N–H and O–H groups in total. The van der Waals surface area contributed by atoms with E-state index in [2.05, 4.69) is 35.4 Å². The van der Waals surface area contributed by atoms with Crippen molar-refractivity contribution in [3.05, 3.63) is 59.2 Å². The summed E-state index contributed by atoms with van der Waals surface area (Å²) in [6.07, 6.45) is 0.440. The molecule has 2 aromatic carbocycles. The van der Waals surface area contributed by atoms with Gasteiger partial charge < -0.3 is 20.1 Å². The average Bonchev–Trinajstić information content (AvgIpc) is 2.81. The molecule has 0 radical (unpaired) electrons. The molecule has 1 aliphatic heterocycles. The van der Waals surface area contributed by atoms with E-state index in [1.54, 1.807) is 0 Å². The molecule has 0 aliphatic carbocycles. The summed E-state index contributed by atoms with van der Waals surface area (Å²) in [5.74, 6) is 0.923. The first-order valence-corrected chi connectivity index (χ1v) is 11.6. The lowest BCUT2D eigenvalue weighted by atomic mass is 10.0. The summed E-state index contributed by atoms with van der Waals surface area (Å²) in [7, 11) is 0. The highest BCUT2D eigenvalue weighted by atomic mass is 16.5. The summed E-state index contributed by atoms with van der Waals surface area (Å²) in [6.45, 7) is 10.5. The van der Waals surface area contributed by atoms with E-state index in [0.29, 0.717) is 18.9 Å². The molecule has 7 nitrogen and oxygen atoms in total. The number of aryl methyl sites for hydroxylation is 1.